The third-order valence-electron chi connectivity index (χ3n) is 3.80. The molecule has 0 amide bonds. The van der Waals surface area contributed by atoms with Gasteiger partial charge in [-0.1, -0.05) is 13.0 Å². The zero-order chi connectivity index (χ0) is 12.3. The predicted octanol–water partition coefficient (Wildman–Crippen LogP) is 3.75. The molecule has 1 N–H and O–H groups in total. The molecule has 1 aromatic rings. The van der Waals surface area contributed by atoms with Gasteiger partial charge in [-0.05, 0) is 44.6 Å². The summed E-state index contributed by atoms with van der Waals surface area (Å²) in [7, 11) is 0. The Morgan fingerprint density at radius 1 is 1.65 bits per heavy atom. The fraction of sp³-hybridized carbons (Fsp3) is 0.714. The molecule has 1 aliphatic rings. The molecule has 1 fully saturated rings. The normalized spacial score (nSPS) is 31.4. The van der Waals surface area contributed by atoms with Crippen LogP contribution in [0.15, 0.2) is 17.5 Å². The Morgan fingerprint density at radius 2 is 2.47 bits per heavy atom. The van der Waals surface area contributed by atoms with Crippen LogP contribution in [0.1, 0.15) is 51.0 Å². The van der Waals surface area contributed by atoms with Gasteiger partial charge < -0.3 is 10.1 Å². The average Bonchev–Trinajstić information content (AvgIpc) is 2.82. The van der Waals surface area contributed by atoms with Crippen LogP contribution in [0.5, 0.6) is 0 Å². The van der Waals surface area contributed by atoms with Crippen molar-refractivity contribution in [2.24, 2.45) is 0 Å². The molecule has 1 saturated heterocycles. The molecule has 0 spiro atoms. The van der Waals surface area contributed by atoms with Crippen molar-refractivity contribution in [2.45, 2.75) is 57.7 Å². The summed E-state index contributed by atoms with van der Waals surface area (Å²) in [6.07, 6.45) is 3.35. The molecule has 2 nitrogen and oxygen atoms in total. The van der Waals surface area contributed by atoms with Gasteiger partial charge in [0.15, 0.2) is 0 Å². The maximum absolute atomic E-state index is 5.88. The van der Waals surface area contributed by atoms with E-state index in [2.05, 4.69) is 43.6 Å². The molecular weight excluding hydrogens is 230 g/mol. The highest BCUT2D eigenvalue weighted by Crippen LogP contribution is 2.29. The van der Waals surface area contributed by atoms with E-state index < -0.39 is 0 Å². The smallest absolute Gasteiger partial charge is 0.0666 e. The second-order valence-corrected chi connectivity index (χ2v) is 6.22. The summed E-state index contributed by atoms with van der Waals surface area (Å²) in [5, 5.41) is 5.89. The monoisotopic (exact) mass is 253 g/mol. The summed E-state index contributed by atoms with van der Waals surface area (Å²) in [4.78, 5) is 1.43. The van der Waals surface area contributed by atoms with Crippen molar-refractivity contribution in [2.75, 3.05) is 6.61 Å². The molecule has 3 heteroatoms. The van der Waals surface area contributed by atoms with Gasteiger partial charge >= 0.3 is 0 Å². The summed E-state index contributed by atoms with van der Waals surface area (Å²) >= 11 is 1.83. The highest BCUT2D eigenvalue weighted by molar-refractivity contribution is 7.10. The number of hydrogen-bond donors (Lipinski definition) is 1. The number of ether oxygens (including phenoxy) is 1. The van der Waals surface area contributed by atoms with E-state index in [0.717, 1.165) is 25.9 Å². The number of thiophene rings is 1. The molecule has 96 valence electrons. The van der Waals surface area contributed by atoms with Gasteiger partial charge in [0.25, 0.3) is 0 Å². The molecule has 0 radical (unpaired) electrons. The summed E-state index contributed by atoms with van der Waals surface area (Å²) in [5.41, 5.74) is 0.0745. The van der Waals surface area contributed by atoms with Gasteiger partial charge in [0.2, 0.25) is 0 Å². The second kappa shape index (κ2) is 5.51. The van der Waals surface area contributed by atoms with Crippen molar-refractivity contribution in [3.63, 3.8) is 0 Å². The number of rotatable bonds is 4. The first-order valence-electron chi connectivity index (χ1n) is 6.56. The zero-order valence-corrected chi connectivity index (χ0v) is 11.8. The Bertz CT molecular complexity index is 338. The molecule has 0 bridgehead atoms. The Kier molecular flexibility index (Phi) is 4.23. The van der Waals surface area contributed by atoms with Gasteiger partial charge in [-0.3, -0.25) is 0 Å². The fourth-order valence-corrected chi connectivity index (χ4v) is 3.24. The third kappa shape index (κ3) is 3.30. The van der Waals surface area contributed by atoms with Crippen LogP contribution in [-0.2, 0) is 4.74 Å². The lowest BCUT2D eigenvalue weighted by Crippen LogP contribution is -2.45. The molecular formula is C14H23NOS. The van der Waals surface area contributed by atoms with Gasteiger partial charge in [0, 0.05) is 23.6 Å². The second-order valence-electron chi connectivity index (χ2n) is 5.25. The van der Waals surface area contributed by atoms with Crippen LogP contribution < -0.4 is 5.32 Å². The molecule has 1 aliphatic heterocycles. The molecule has 2 rings (SSSR count). The first-order valence-corrected chi connectivity index (χ1v) is 7.44. The van der Waals surface area contributed by atoms with Gasteiger partial charge in [-0.15, -0.1) is 11.3 Å². The highest BCUT2D eigenvalue weighted by atomic mass is 32.1. The van der Waals surface area contributed by atoms with Crippen LogP contribution in [0.2, 0.25) is 0 Å². The SMILES string of the molecule is CCC1(C)CC(N[C@H](C)c2cccs2)CCO1. The van der Waals surface area contributed by atoms with E-state index in [1.54, 1.807) is 0 Å². The first-order chi connectivity index (χ1) is 8.13. The fourth-order valence-electron chi connectivity index (χ4n) is 2.49. The van der Waals surface area contributed by atoms with Crippen LogP contribution in [0.4, 0.5) is 0 Å². The third-order valence-corrected chi connectivity index (χ3v) is 4.85. The standard InChI is InChI=1S/C14H23NOS/c1-4-14(3)10-12(7-8-16-14)15-11(2)13-6-5-9-17-13/h5-6,9,11-12,15H,4,7-8,10H2,1-3H3/t11-,12?,14?/m1/s1. The molecule has 0 aromatic carbocycles. The van der Waals surface area contributed by atoms with Crippen LogP contribution in [0.25, 0.3) is 0 Å². The highest BCUT2D eigenvalue weighted by Gasteiger charge is 2.32. The van der Waals surface area contributed by atoms with Crippen molar-refractivity contribution in [1.29, 1.82) is 0 Å². The minimum Gasteiger partial charge on any atom is -0.375 e. The lowest BCUT2D eigenvalue weighted by Gasteiger charge is -2.39. The van der Waals surface area contributed by atoms with Crippen molar-refractivity contribution in [3.05, 3.63) is 22.4 Å². The lowest BCUT2D eigenvalue weighted by atomic mass is 9.89. The van der Waals surface area contributed by atoms with Gasteiger partial charge in [0.05, 0.1) is 5.60 Å². The van der Waals surface area contributed by atoms with E-state index in [0.29, 0.717) is 12.1 Å². The maximum Gasteiger partial charge on any atom is 0.0666 e. The Morgan fingerprint density at radius 3 is 3.12 bits per heavy atom. The predicted molar refractivity (Wildman–Crippen MR) is 73.5 cm³/mol. The van der Waals surface area contributed by atoms with Gasteiger partial charge in [-0.25, -0.2) is 0 Å². The van der Waals surface area contributed by atoms with E-state index in [4.69, 9.17) is 4.74 Å². The molecule has 17 heavy (non-hydrogen) atoms. The molecule has 3 atom stereocenters. The molecule has 0 aliphatic carbocycles. The van der Waals surface area contributed by atoms with E-state index in [9.17, 15) is 0 Å². The first kappa shape index (κ1) is 13.1. The quantitative estimate of drug-likeness (QED) is 0.882. The van der Waals surface area contributed by atoms with Crippen molar-refractivity contribution in [3.8, 4) is 0 Å². The van der Waals surface area contributed by atoms with E-state index in [1.165, 1.54) is 4.88 Å². The summed E-state index contributed by atoms with van der Waals surface area (Å²) < 4.78 is 5.88. The summed E-state index contributed by atoms with van der Waals surface area (Å²) in [6, 6.07) is 5.38. The summed E-state index contributed by atoms with van der Waals surface area (Å²) in [6.45, 7) is 7.59. The van der Waals surface area contributed by atoms with Crippen LogP contribution in [-0.4, -0.2) is 18.2 Å². The number of nitrogens with one attached hydrogen (secondary N) is 1. The maximum atomic E-state index is 5.88. The van der Waals surface area contributed by atoms with Crippen LogP contribution in [0, 0.1) is 0 Å². The molecule has 0 saturated carbocycles. The number of hydrogen-bond acceptors (Lipinski definition) is 3. The minimum atomic E-state index is 0.0745. The van der Waals surface area contributed by atoms with E-state index in [-0.39, 0.29) is 5.60 Å². The van der Waals surface area contributed by atoms with Crippen molar-refractivity contribution in [1.82, 2.24) is 5.32 Å². The zero-order valence-electron chi connectivity index (χ0n) is 11.0. The Hall–Kier alpha value is -0.380. The Labute approximate surface area is 108 Å². The molecule has 1 aromatic heterocycles. The Balaban J connectivity index is 1.91. The molecule has 2 unspecified atom stereocenters. The van der Waals surface area contributed by atoms with E-state index >= 15 is 0 Å². The largest absolute Gasteiger partial charge is 0.375 e. The van der Waals surface area contributed by atoms with Crippen LogP contribution in [0.3, 0.4) is 0 Å². The summed E-state index contributed by atoms with van der Waals surface area (Å²) in [5.74, 6) is 0. The molecule has 2 heterocycles. The minimum absolute atomic E-state index is 0.0745. The van der Waals surface area contributed by atoms with E-state index in [1.807, 2.05) is 11.3 Å². The topological polar surface area (TPSA) is 21.3 Å². The lowest BCUT2D eigenvalue weighted by molar-refractivity contribution is -0.0789. The van der Waals surface area contributed by atoms with Crippen molar-refractivity contribution < 1.29 is 4.74 Å². The van der Waals surface area contributed by atoms with Gasteiger partial charge in [-0.2, -0.15) is 0 Å². The van der Waals surface area contributed by atoms with Gasteiger partial charge in [0.1, 0.15) is 0 Å². The average molecular weight is 253 g/mol. The van der Waals surface area contributed by atoms with Crippen molar-refractivity contribution >= 4 is 11.3 Å². The van der Waals surface area contributed by atoms with Crippen LogP contribution >= 0.6 is 11.3 Å².